The van der Waals surface area contributed by atoms with Crippen LogP contribution in [-0.2, 0) is 9.59 Å². The maximum absolute atomic E-state index is 13.2. The van der Waals surface area contributed by atoms with Crippen molar-refractivity contribution in [2.24, 2.45) is 0 Å². The van der Waals surface area contributed by atoms with Gasteiger partial charge >= 0.3 is 0 Å². The number of methoxy groups -OCH3 is 1. The molecule has 2 unspecified atom stereocenters. The summed E-state index contributed by atoms with van der Waals surface area (Å²) < 4.78 is 31.5. The van der Waals surface area contributed by atoms with Crippen LogP contribution in [0.25, 0.3) is 0 Å². The zero-order valence-corrected chi connectivity index (χ0v) is 14.4. The fourth-order valence-corrected chi connectivity index (χ4v) is 3.03. The minimum atomic E-state index is -2.86. The highest BCUT2D eigenvalue weighted by Crippen LogP contribution is 2.27. The smallest absolute Gasteiger partial charge is 0.262 e. The molecule has 1 aromatic rings. The summed E-state index contributed by atoms with van der Waals surface area (Å²) in [5.41, 5.74) is 0.682. The number of nitrogens with zero attached hydrogens (tertiary/aromatic N) is 1. The van der Waals surface area contributed by atoms with Gasteiger partial charge < -0.3 is 15.0 Å². The van der Waals surface area contributed by atoms with Gasteiger partial charge in [0, 0.05) is 31.1 Å². The monoisotopic (exact) mass is 375 g/mol. The van der Waals surface area contributed by atoms with E-state index in [1.807, 2.05) is 0 Å². The molecule has 3 rings (SSSR count). The summed E-state index contributed by atoms with van der Waals surface area (Å²) in [5.74, 6) is -2.85. The van der Waals surface area contributed by atoms with Gasteiger partial charge in [0.05, 0.1) is 25.7 Å². The molecule has 6 nitrogen and oxygen atoms in total. The second-order valence-electron chi connectivity index (χ2n) is 6.11. The molecule has 2 N–H and O–H groups in total. The third-order valence-electron chi connectivity index (χ3n) is 4.26. The zero-order valence-electron chi connectivity index (χ0n) is 13.6. The van der Waals surface area contributed by atoms with Gasteiger partial charge in [-0.3, -0.25) is 14.9 Å². The Balaban J connectivity index is 0.00000225. The Morgan fingerprint density at radius 2 is 2.20 bits per heavy atom. The molecule has 0 radical (unpaired) electrons. The van der Waals surface area contributed by atoms with Gasteiger partial charge in [0.1, 0.15) is 5.75 Å². The van der Waals surface area contributed by atoms with Gasteiger partial charge in [0.25, 0.3) is 5.92 Å². The molecule has 2 atom stereocenters. The molecule has 2 fully saturated rings. The molecule has 0 bridgehead atoms. The molecule has 2 aliphatic heterocycles. The third kappa shape index (κ3) is 4.38. The van der Waals surface area contributed by atoms with Crippen molar-refractivity contribution in [3.05, 3.63) is 24.3 Å². The molecular weight excluding hydrogens is 356 g/mol. The molecule has 138 valence electrons. The molecule has 25 heavy (non-hydrogen) atoms. The predicted octanol–water partition coefficient (Wildman–Crippen LogP) is 1.34. The van der Waals surface area contributed by atoms with Crippen molar-refractivity contribution in [3.8, 4) is 5.75 Å². The van der Waals surface area contributed by atoms with Crippen LogP contribution in [0, 0.1) is 0 Å². The van der Waals surface area contributed by atoms with E-state index >= 15 is 0 Å². The number of carbonyl (C=O) groups is 2. The van der Waals surface area contributed by atoms with Crippen molar-refractivity contribution in [2.75, 3.05) is 25.1 Å². The van der Waals surface area contributed by atoms with Gasteiger partial charge in [-0.1, -0.05) is 6.07 Å². The van der Waals surface area contributed by atoms with Crippen LogP contribution < -0.4 is 20.3 Å². The Hall–Kier alpha value is -1.93. The largest absolute Gasteiger partial charge is 0.497 e. The lowest BCUT2D eigenvalue weighted by molar-refractivity contribution is -0.124. The number of halogens is 3. The topological polar surface area (TPSA) is 70.7 Å². The molecule has 1 aromatic carbocycles. The number of alkyl halides is 2. The number of amides is 2. The molecule has 2 saturated heterocycles. The van der Waals surface area contributed by atoms with Crippen LogP contribution in [-0.4, -0.2) is 50.0 Å². The second kappa shape index (κ2) is 7.53. The van der Waals surface area contributed by atoms with Gasteiger partial charge in [0.2, 0.25) is 11.8 Å². The molecule has 9 heteroatoms. The lowest BCUT2D eigenvalue weighted by Crippen LogP contribution is -2.46. The van der Waals surface area contributed by atoms with Crippen molar-refractivity contribution in [3.63, 3.8) is 0 Å². The highest BCUT2D eigenvalue weighted by molar-refractivity contribution is 5.97. The molecule has 2 heterocycles. The maximum Gasteiger partial charge on any atom is 0.262 e. The van der Waals surface area contributed by atoms with Crippen LogP contribution in [0.3, 0.4) is 0 Å². The fraction of sp³-hybridized carbons (Fsp3) is 0.500. The lowest BCUT2D eigenvalue weighted by atomic mass is 10.1. The number of nitrogens with one attached hydrogen (secondary N) is 2. The Morgan fingerprint density at radius 3 is 2.84 bits per heavy atom. The van der Waals surface area contributed by atoms with Crippen molar-refractivity contribution < 1.29 is 23.1 Å². The molecule has 0 aliphatic carbocycles. The van der Waals surface area contributed by atoms with E-state index in [2.05, 4.69) is 10.6 Å². The van der Waals surface area contributed by atoms with E-state index in [0.29, 0.717) is 18.0 Å². The number of benzene rings is 1. The maximum atomic E-state index is 13.2. The highest BCUT2D eigenvalue weighted by Gasteiger charge is 2.43. The average molecular weight is 376 g/mol. The van der Waals surface area contributed by atoms with Crippen LogP contribution in [0.4, 0.5) is 14.5 Å². The Labute approximate surface area is 150 Å². The predicted molar refractivity (Wildman–Crippen MR) is 90.5 cm³/mol. The summed E-state index contributed by atoms with van der Waals surface area (Å²) in [7, 11) is 1.54. The second-order valence-corrected chi connectivity index (χ2v) is 6.11. The van der Waals surface area contributed by atoms with E-state index in [0.717, 1.165) is 0 Å². The van der Waals surface area contributed by atoms with E-state index < -0.39 is 36.9 Å². The summed E-state index contributed by atoms with van der Waals surface area (Å²) in [6.45, 7) is -0.189. The number of ether oxygens (including phenoxy) is 1. The van der Waals surface area contributed by atoms with E-state index in [9.17, 15) is 18.4 Å². The van der Waals surface area contributed by atoms with Gasteiger partial charge in [0.15, 0.2) is 0 Å². The fourth-order valence-electron chi connectivity index (χ4n) is 3.03. The number of carbonyl (C=O) groups excluding carboxylic acids is 2. The molecule has 0 spiro atoms. The minimum absolute atomic E-state index is 0. The summed E-state index contributed by atoms with van der Waals surface area (Å²) >= 11 is 0. The summed E-state index contributed by atoms with van der Waals surface area (Å²) in [5, 5.41) is 5.20. The van der Waals surface area contributed by atoms with E-state index in [1.54, 1.807) is 36.3 Å². The van der Waals surface area contributed by atoms with E-state index in [1.165, 1.54) is 0 Å². The van der Waals surface area contributed by atoms with Crippen LogP contribution in [0.1, 0.15) is 12.8 Å². The van der Waals surface area contributed by atoms with Crippen molar-refractivity contribution in [2.45, 2.75) is 30.8 Å². The number of rotatable bonds is 4. The van der Waals surface area contributed by atoms with E-state index in [4.69, 9.17) is 4.74 Å². The van der Waals surface area contributed by atoms with E-state index in [-0.39, 0.29) is 24.7 Å². The Kier molecular flexibility index (Phi) is 5.84. The van der Waals surface area contributed by atoms with Gasteiger partial charge in [-0.25, -0.2) is 8.78 Å². The molecule has 0 saturated carbocycles. The van der Waals surface area contributed by atoms with Gasteiger partial charge in [-0.15, -0.1) is 12.4 Å². The van der Waals surface area contributed by atoms with Crippen LogP contribution >= 0.6 is 12.4 Å². The summed E-state index contributed by atoms with van der Waals surface area (Å²) in [4.78, 5) is 25.8. The zero-order chi connectivity index (χ0) is 17.3. The number of hydrogen-bond donors (Lipinski definition) is 2. The molecule has 0 aromatic heterocycles. The summed E-state index contributed by atoms with van der Waals surface area (Å²) in [6, 6.07) is 5.76. The standard InChI is InChI=1S/C16H19F2N3O3.ClH/c1-24-12-4-2-3-11(6-12)21-8-10(5-14(21)22)20-15(23)13-7-16(17,18)9-19-13;/h2-4,6,10,13,19H,5,7-9H2,1H3,(H,20,23);1H. The first-order chi connectivity index (χ1) is 11.4. The number of hydrogen-bond acceptors (Lipinski definition) is 4. The van der Waals surface area contributed by atoms with Gasteiger partial charge in [-0.2, -0.15) is 0 Å². The van der Waals surface area contributed by atoms with Crippen molar-refractivity contribution in [1.82, 2.24) is 10.6 Å². The third-order valence-corrected chi connectivity index (χ3v) is 4.26. The Bertz CT molecular complexity index is 659. The first-order valence-electron chi connectivity index (χ1n) is 7.74. The lowest BCUT2D eigenvalue weighted by Gasteiger charge is -2.19. The SMILES string of the molecule is COc1cccc(N2CC(NC(=O)C3CC(F)(F)CN3)CC2=O)c1.Cl. The minimum Gasteiger partial charge on any atom is -0.497 e. The summed E-state index contributed by atoms with van der Waals surface area (Å²) in [6.07, 6.45) is -0.370. The van der Waals surface area contributed by atoms with Crippen molar-refractivity contribution in [1.29, 1.82) is 0 Å². The van der Waals surface area contributed by atoms with Crippen molar-refractivity contribution >= 4 is 29.9 Å². The number of anilines is 1. The quantitative estimate of drug-likeness (QED) is 0.833. The molecule has 2 amide bonds. The van der Waals surface area contributed by atoms with Crippen LogP contribution in [0.2, 0.25) is 0 Å². The first-order valence-corrected chi connectivity index (χ1v) is 7.74. The Morgan fingerprint density at radius 1 is 1.44 bits per heavy atom. The highest BCUT2D eigenvalue weighted by atomic mass is 35.5. The van der Waals surface area contributed by atoms with Gasteiger partial charge in [-0.05, 0) is 12.1 Å². The molecule has 2 aliphatic rings. The average Bonchev–Trinajstić information content (AvgIpc) is 3.09. The normalized spacial score (nSPS) is 24.8. The van der Waals surface area contributed by atoms with Crippen LogP contribution in [0.5, 0.6) is 5.75 Å². The first kappa shape index (κ1) is 19.4. The molecular formula is C16H20ClF2N3O3. The van der Waals surface area contributed by atoms with Crippen LogP contribution in [0.15, 0.2) is 24.3 Å².